The minimum atomic E-state index is 0.327. The summed E-state index contributed by atoms with van der Waals surface area (Å²) in [6.07, 6.45) is 0. The van der Waals surface area contributed by atoms with Gasteiger partial charge in [-0.2, -0.15) is 0 Å². The van der Waals surface area contributed by atoms with Crippen LogP contribution in [0.4, 0.5) is 23.3 Å². The van der Waals surface area contributed by atoms with E-state index in [1.54, 1.807) is 10.7 Å². The van der Waals surface area contributed by atoms with Crippen LogP contribution in [0, 0.1) is 4.77 Å². The molecule has 1 aliphatic heterocycles. The van der Waals surface area contributed by atoms with E-state index in [1.807, 2.05) is 24.3 Å². The largest absolute Gasteiger partial charge is 0.383 e. The van der Waals surface area contributed by atoms with Gasteiger partial charge in [0, 0.05) is 6.07 Å². The summed E-state index contributed by atoms with van der Waals surface area (Å²) >= 11 is 5.17. The number of nitrogens with two attached hydrogens (primary N) is 1. The fourth-order valence-electron chi connectivity index (χ4n) is 2.09. The number of para-hydroxylation sites is 2. The molecular weight excluding hydrogens is 274 g/mol. The van der Waals surface area contributed by atoms with Gasteiger partial charge in [0.2, 0.25) is 4.77 Å². The molecule has 1 aliphatic rings. The Morgan fingerprint density at radius 2 is 1.75 bits per heavy atom. The molecule has 2 aromatic heterocycles. The van der Waals surface area contributed by atoms with Crippen molar-refractivity contribution in [2.24, 2.45) is 0 Å². The molecule has 0 aliphatic carbocycles. The quantitative estimate of drug-likeness (QED) is 0.425. The molecule has 0 bridgehead atoms. The third-order valence-electron chi connectivity index (χ3n) is 2.98. The van der Waals surface area contributed by atoms with Gasteiger partial charge in [-0.3, -0.25) is 5.43 Å². The molecule has 20 heavy (non-hydrogen) atoms. The number of anilines is 4. The van der Waals surface area contributed by atoms with Crippen LogP contribution >= 0.6 is 12.2 Å². The number of fused-ring (bicyclic) bond motifs is 3. The first-order valence-electron chi connectivity index (χ1n) is 5.91. The zero-order valence-corrected chi connectivity index (χ0v) is 11.0. The van der Waals surface area contributed by atoms with Crippen LogP contribution in [0.1, 0.15) is 0 Å². The summed E-state index contributed by atoms with van der Waals surface area (Å²) in [7, 11) is 0. The summed E-state index contributed by atoms with van der Waals surface area (Å²) in [5, 5.41) is 3.15. The van der Waals surface area contributed by atoms with Gasteiger partial charge < -0.3 is 11.1 Å². The van der Waals surface area contributed by atoms with Crippen molar-refractivity contribution < 1.29 is 0 Å². The fourth-order valence-corrected chi connectivity index (χ4v) is 2.34. The monoisotopic (exact) mass is 283 g/mol. The van der Waals surface area contributed by atoms with Crippen molar-refractivity contribution in [3.63, 3.8) is 0 Å². The number of nitrogens with one attached hydrogen (secondary N) is 2. The molecule has 1 aromatic carbocycles. The summed E-state index contributed by atoms with van der Waals surface area (Å²) < 4.78 is 1.94. The Hall–Kier alpha value is -2.74. The second-order valence-electron chi connectivity index (χ2n) is 4.33. The van der Waals surface area contributed by atoms with Gasteiger partial charge in [0.25, 0.3) is 0 Å². The van der Waals surface area contributed by atoms with Crippen LogP contribution in [-0.4, -0.2) is 19.6 Å². The van der Waals surface area contributed by atoms with Gasteiger partial charge in [0.05, 0.1) is 11.0 Å². The van der Waals surface area contributed by atoms with Gasteiger partial charge >= 0.3 is 0 Å². The maximum atomic E-state index is 5.70. The Labute approximate surface area is 118 Å². The first-order chi connectivity index (χ1) is 9.70. The van der Waals surface area contributed by atoms with Crippen LogP contribution in [0.3, 0.4) is 0 Å². The molecule has 8 heteroatoms. The van der Waals surface area contributed by atoms with E-state index in [0.29, 0.717) is 28.0 Å². The van der Waals surface area contributed by atoms with Crippen LogP contribution in [0.15, 0.2) is 30.3 Å². The highest BCUT2D eigenvalue weighted by Crippen LogP contribution is 2.29. The second kappa shape index (κ2) is 3.87. The van der Waals surface area contributed by atoms with E-state index in [2.05, 4.69) is 25.7 Å². The van der Waals surface area contributed by atoms with Gasteiger partial charge in [-0.1, -0.05) is 12.1 Å². The molecule has 0 unspecified atom stereocenters. The molecule has 98 valence electrons. The van der Waals surface area contributed by atoms with Crippen LogP contribution in [-0.2, 0) is 0 Å². The van der Waals surface area contributed by atoms with Crippen molar-refractivity contribution in [1.82, 2.24) is 19.6 Å². The lowest BCUT2D eigenvalue weighted by atomic mass is 10.3. The minimum absolute atomic E-state index is 0.327. The first-order valence-corrected chi connectivity index (χ1v) is 6.32. The lowest BCUT2D eigenvalue weighted by molar-refractivity contribution is 0.865. The number of benzene rings is 1. The zero-order valence-electron chi connectivity index (χ0n) is 10.2. The Kier molecular flexibility index (Phi) is 2.15. The summed E-state index contributed by atoms with van der Waals surface area (Å²) in [5.74, 6) is 2.26. The van der Waals surface area contributed by atoms with Crippen LogP contribution in [0.25, 0.3) is 11.0 Å². The Morgan fingerprint density at radius 1 is 1.05 bits per heavy atom. The molecule has 0 spiro atoms. The molecule has 3 aromatic rings. The predicted molar refractivity (Wildman–Crippen MR) is 79.3 cm³/mol. The molecule has 3 heterocycles. The molecular formula is C12H9N7S. The Balaban J connectivity index is 1.94. The van der Waals surface area contributed by atoms with E-state index in [9.17, 15) is 0 Å². The smallest absolute Gasteiger partial charge is 0.222 e. The van der Waals surface area contributed by atoms with E-state index in [1.165, 1.54) is 0 Å². The maximum Gasteiger partial charge on any atom is 0.222 e. The molecule has 4 rings (SSSR count). The standard InChI is InChI=1S/C12H9N7S/c13-8-5-9-17-10-11(18-19(9)12(20)16-8)15-7-4-2-1-3-6(7)14-10/h1-5H,(H,14,17)(H,15,18)(H2,13,16,20). The molecule has 0 atom stereocenters. The first kappa shape index (κ1) is 11.1. The molecule has 0 saturated carbocycles. The summed E-state index contributed by atoms with van der Waals surface area (Å²) in [4.78, 5) is 13.1. The maximum absolute atomic E-state index is 5.70. The molecule has 0 radical (unpaired) electrons. The lowest BCUT2D eigenvalue weighted by Gasteiger charge is -2.23. The van der Waals surface area contributed by atoms with E-state index in [4.69, 9.17) is 18.0 Å². The number of hydrogen-bond acceptors (Lipinski definition) is 7. The highest BCUT2D eigenvalue weighted by atomic mass is 32.1. The van der Waals surface area contributed by atoms with Gasteiger partial charge in [0.1, 0.15) is 11.6 Å². The number of aromatic nitrogens is 4. The number of hydrogen-bond donors (Lipinski definition) is 3. The summed E-state index contributed by atoms with van der Waals surface area (Å²) in [5.41, 5.74) is 10.4. The van der Waals surface area contributed by atoms with Crippen molar-refractivity contribution in [3.05, 3.63) is 35.1 Å². The average Bonchev–Trinajstić information content (AvgIpc) is 2.43. The van der Waals surface area contributed by atoms with Gasteiger partial charge in [-0.15, -0.1) is 0 Å². The zero-order chi connectivity index (χ0) is 13.7. The molecule has 0 fully saturated rings. The van der Waals surface area contributed by atoms with E-state index >= 15 is 0 Å². The SMILES string of the molecule is Nc1cc2n(c(=S)n1)Nc1nc3ccccc3nc1N2. The number of rotatable bonds is 0. The van der Waals surface area contributed by atoms with Crippen LogP contribution < -0.4 is 16.5 Å². The van der Waals surface area contributed by atoms with E-state index < -0.39 is 0 Å². The van der Waals surface area contributed by atoms with Crippen molar-refractivity contribution in [2.45, 2.75) is 0 Å². The molecule has 0 amide bonds. The molecule has 7 nitrogen and oxygen atoms in total. The fraction of sp³-hybridized carbons (Fsp3) is 0. The summed E-state index contributed by atoms with van der Waals surface area (Å²) in [6, 6.07) is 9.34. The van der Waals surface area contributed by atoms with Crippen LogP contribution in [0.2, 0.25) is 0 Å². The van der Waals surface area contributed by atoms with Crippen molar-refractivity contribution in [2.75, 3.05) is 16.5 Å². The second-order valence-corrected chi connectivity index (χ2v) is 4.70. The van der Waals surface area contributed by atoms with Gasteiger partial charge in [-0.05, 0) is 24.4 Å². The Bertz CT molecular complexity index is 902. The molecule has 4 N–H and O–H groups in total. The third-order valence-corrected chi connectivity index (χ3v) is 3.25. The van der Waals surface area contributed by atoms with Crippen molar-refractivity contribution >= 4 is 46.5 Å². The lowest BCUT2D eigenvalue weighted by Crippen LogP contribution is -2.23. The number of nitrogen functional groups attached to an aromatic ring is 1. The third kappa shape index (κ3) is 1.58. The number of nitrogens with zero attached hydrogens (tertiary/aromatic N) is 4. The predicted octanol–water partition coefficient (Wildman–Crippen LogP) is 2.07. The minimum Gasteiger partial charge on any atom is -0.383 e. The molecule has 0 saturated heterocycles. The van der Waals surface area contributed by atoms with Crippen LogP contribution in [0.5, 0.6) is 0 Å². The highest BCUT2D eigenvalue weighted by Gasteiger charge is 2.18. The van der Waals surface area contributed by atoms with E-state index in [0.717, 1.165) is 11.0 Å². The van der Waals surface area contributed by atoms with Crippen molar-refractivity contribution in [1.29, 1.82) is 0 Å². The topological polar surface area (TPSA) is 93.7 Å². The van der Waals surface area contributed by atoms with E-state index in [-0.39, 0.29) is 0 Å². The van der Waals surface area contributed by atoms with Gasteiger partial charge in [-0.25, -0.2) is 19.6 Å². The van der Waals surface area contributed by atoms with Crippen molar-refractivity contribution in [3.8, 4) is 0 Å². The average molecular weight is 283 g/mol. The van der Waals surface area contributed by atoms with Gasteiger partial charge in [0.15, 0.2) is 11.6 Å². The normalized spacial score (nSPS) is 12.2. The summed E-state index contributed by atoms with van der Waals surface area (Å²) in [6.45, 7) is 0. The highest BCUT2D eigenvalue weighted by molar-refractivity contribution is 7.71. The Morgan fingerprint density at radius 3 is 2.50 bits per heavy atom.